The summed E-state index contributed by atoms with van der Waals surface area (Å²) in [6.45, 7) is 8.42. The number of rotatable bonds is 10. The van der Waals surface area contributed by atoms with Gasteiger partial charge in [0.25, 0.3) is 0 Å². The van der Waals surface area contributed by atoms with E-state index in [-0.39, 0.29) is 12.1 Å². The second kappa shape index (κ2) is 20.4. The molecule has 1 amide bonds. The summed E-state index contributed by atoms with van der Waals surface area (Å²) in [4.78, 5) is 56.5. The van der Waals surface area contributed by atoms with Crippen LogP contribution >= 0.6 is 0 Å². The number of likely N-dealkylation sites (tertiary alicyclic amines) is 1. The van der Waals surface area contributed by atoms with Crippen LogP contribution in [0.25, 0.3) is 90.1 Å². The molecule has 4 aromatic carbocycles. The molecule has 17 heteroatoms. The lowest BCUT2D eigenvalue weighted by Crippen LogP contribution is -2.36. The molecule has 392 valence electrons. The third kappa shape index (κ3) is 10.2. The van der Waals surface area contributed by atoms with Gasteiger partial charge in [-0.1, -0.05) is 37.1 Å². The minimum absolute atomic E-state index is 0.130. The summed E-state index contributed by atoms with van der Waals surface area (Å²) in [6.07, 6.45) is 18.7. The number of fused-ring (bicyclic) bond motifs is 2. The Balaban J connectivity index is 0.000000149. The molecule has 4 aliphatic rings. The first-order chi connectivity index (χ1) is 37.6. The van der Waals surface area contributed by atoms with Gasteiger partial charge in [0.2, 0.25) is 11.8 Å². The number of nitrogens with zero attached hydrogens (tertiary/aromatic N) is 7. The number of imidazole rings is 4. The van der Waals surface area contributed by atoms with Gasteiger partial charge in [0.05, 0.1) is 65.7 Å². The first-order valence-corrected chi connectivity index (χ1v) is 27.3. The molecule has 14 rings (SSSR count). The average molecular weight is 1030 g/mol. The molecule has 2 unspecified atom stereocenters. The van der Waals surface area contributed by atoms with Crippen molar-refractivity contribution in [2.75, 3.05) is 19.6 Å². The molecule has 4 fully saturated rings. The summed E-state index contributed by atoms with van der Waals surface area (Å²) in [5.41, 5.74) is 12.5. The van der Waals surface area contributed by atoms with E-state index in [0.717, 1.165) is 140 Å². The second-order valence-corrected chi connectivity index (χ2v) is 21.9. The van der Waals surface area contributed by atoms with Crippen molar-refractivity contribution < 1.29 is 18.4 Å². The van der Waals surface area contributed by atoms with Gasteiger partial charge in [-0.05, 0) is 157 Å². The molecule has 3 saturated heterocycles. The Morgan fingerprint density at radius 3 is 1.45 bits per heavy atom. The highest BCUT2D eigenvalue weighted by atomic mass is 16.6. The Kier molecular flexibility index (Phi) is 12.9. The van der Waals surface area contributed by atoms with Gasteiger partial charge in [-0.2, -0.15) is 0 Å². The van der Waals surface area contributed by atoms with E-state index in [0.29, 0.717) is 36.3 Å². The number of aromatic nitrogens is 10. The highest BCUT2D eigenvalue weighted by Crippen LogP contribution is 2.37. The summed E-state index contributed by atoms with van der Waals surface area (Å²) < 4.78 is 17.8. The lowest BCUT2D eigenvalue weighted by Gasteiger charge is -2.27. The number of hydrogen-bond acceptors (Lipinski definition) is 12. The Morgan fingerprint density at radius 2 is 0.961 bits per heavy atom. The van der Waals surface area contributed by atoms with Crippen LogP contribution in [0.5, 0.6) is 0 Å². The monoisotopic (exact) mass is 1030 g/mol. The molecule has 3 aliphatic heterocycles. The van der Waals surface area contributed by atoms with Gasteiger partial charge < -0.3 is 44.1 Å². The fourth-order valence-corrected chi connectivity index (χ4v) is 11.3. The average Bonchev–Trinajstić information content (AvgIpc) is 4.29. The number of nitrogens with one attached hydrogen (secondary N) is 6. The van der Waals surface area contributed by atoms with Crippen molar-refractivity contribution >= 4 is 28.3 Å². The first-order valence-electron chi connectivity index (χ1n) is 27.3. The number of H-pyrrole nitrogens is 4. The number of benzene rings is 4. The SMILES string of the molecule is CC(C)(C)OC(=O)N1CCCC1c1ncc(-c2ccc3oc(-c4ccc(-c5cnc(C6CCCC6)[nH]5)cc4)nc3c2)[nH]1.c1cc2oc(-c3ccc(-c4cnc([C@@H]5CCCN5)[nH]4)cc3)nc2cc1-c1cnc(C2CCCN2)[nH]1. The lowest BCUT2D eigenvalue weighted by atomic mass is 10.1. The van der Waals surface area contributed by atoms with E-state index >= 15 is 0 Å². The number of aromatic amines is 4. The molecule has 10 aromatic rings. The summed E-state index contributed by atoms with van der Waals surface area (Å²) >= 11 is 0. The number of carbonyl (C=O) groups is 1. The van der Waals surface area contributed by atoms with E-state index < -0.39 is 5.60 Å². The number of carbonyl (C=O) groups excluding carboxylic acids is 1. The minimum atomic E-state index is -0.537. The van der Waals surface area contributed by atoms with Crippen LogP contribution in [-0.4, -0.2) is 86.1 Å². The molecule has 1 saturated carbocycles. The van der Waals surface area contributed by atoms with Gasteiger partial charge >= 0.3 is 6.09 Å². The maximum Gasteiger partial charge on any atom is 0.410 e. The molecule has 0 bridgehead atoms. The molecule has 0 spiro atoms. The standard InChI is InChI=1S/C33H36N6O3.C27H27N7O/c1-33(2,3)42-32(40)39-16-6-9-27(39)30-35-19-26(37-30)23-14-15-28-24(17-23)38-31(41-28)22-12-10-20(11-13-22)25-18-34-29(36-25)21-7-4-5-8-21;1-3-19(28-11-1)25-30-14-22(32-25)16-5-7-17(8-6-16)27-34-21-13-18(9-10-24(21)35-27)23-15-31-26(33-23)20-4-2-12-29-20/h10-15,17-19,21,27H,4-9,16H2,1-3H3,(H,34,36)(H,35,37);5-10,13-15,19-20,28-29H,1-4,11-12H2,(H,30,32)(H,31,33)/t;19-,20?/m.0/s1. The first kappa shape index (κ1) is 48.5. The predicted octanol–water partition coefficient (Wildman–Crippen LogP) is 13.1. The molecule has 6 aromatic heterocycles. The Bertz CT molecular complexity index is 3670. The van der Waals surface area contributed by atoms with Crippen molar-refractivity contribution in [2.45, 2.75) is 115 Å². The molecular formula is C60H63N13O4. The van der Waals surface area contributed by atoms with Crippen LogP contribution in [0, 0.1) is 0 Å². The number of hydrogen-bond donors (Lipinski definition) is 6. The van der Waals surface area contributed by atoms with Crippen LogP contribution in [-0.2, 0) is 4.74 Å². The Morgan fingerprint density at radius 1 is 0.519 bits per heavy atom. The molecule has 1 aliphatic carbocycles. The minimum Gasteiger partial charge on any atom is -0.444 e. The molecule has 9 heterocycles. The van der Waals surface area contributed by atoms with Crippen LogP contribution in [0.2, 0.25) is 0 Å². The van der Waals surface area contributed by atoms with E-state index in [4.69, 9.17) is 23.5 Å². The van der Waals surface area contributed by atoms with E-state index in [1.54, 1.807) is 4.90 Å². The molecule has 6 N–H and O–H groups in total. The van der Waals surface area contributed by atoms with Crippen molar-refractivity contribution in [1.29, 1.82) is 0 Å². The Labute approximate surface area is 445 Å². The Hall–Kier alpha value is -8.15. The fourth-order valence-electron chi connectivity index (χ4n) is 11.3. The zero-order chi connectivity index (χ0) is 52.0. The zero-order valence-corrected chi connectivity index (χ0v) is 43.7. The molecule has 3 atom stereocenters. The predicted molar refractivity (Wildman–Crippen MR) is 295 cm³/mol. The summed E-state index contributed by atoms with van der Waals surface area (Å²) in [7, 11) is 0. The molecule has 0 radical (unpaired) electrons. The lowest BCUT2D eigenvalue weighted by molar-refractivity contribution is 0.0218. The van der Waals surface area contributed by atoms with Gasteiger partial charge in [-0.25, -0.2) is 34.7 Å². The van der Waals surface area contributed by atoms with Crippen molar-refractivity contribution in [3.8, 4) is 67.9 Å². The van der Waals surface area contributed by atoms with E-state index in [9.17, 15) is 4.79 Å². The number of amides is 1. The van der Waals surface area contributed by atoms with Crippen molar-refractivity contribution in [3.63, 3.8) is 0 Å². The number of oxazole rings is 2. The van der Waals surface area contributed by atoms with E-state index in [2.05, 4.69) is 86.9 Å². The van der Waals surface area contributed by atoms with Gasteiger partial charge in [0.15, 0.2) is 11.2 Å². The van der Waals surface area contributed by atoms with Crippen LogP contribution in [0.3, 0.4) is 0 Å². The maximum atomic E-state index is 12.8. The van der Waals surface area contributed by atoms with Gasteiger partial charge in [-0.3, -0.25) is 4.90 Å². The largest absolute Gasteiger partial charge is 0.444 e. The topological polar surface area (TPSA) is 220 Å². The fraction of sp³-hybridized carbons (Fsp3) is 0.350. The molecular weight excluding hydrogens is 967 g/mol. The van der Waals surface area contributed by atoms with E-state index in [1.165, 1.54) is 38.5 Å². The number of ether oxygens (including phenoxy) is 1. The van der Waals surface area contributed by atoms with Gasteiger partial charge in [0.1, 0.15) is 39.9 Å². The van der Waals surface area contributed by atoms with Crippen molar-refractivity contribution in [1.82, 2.24) is 65.4 Å². The van der Waals surface area contributed by atoms with Crippen LogP contribution < -0.4 is 10.6 Å². The highest BCUT2D eigenvalue weighted by Gasteiger charge is 2.35. The van der Waals surface area contributed by atoms with Gasteiger partial charge in [-0.15, -0.1) is 0 Å². The molecule has 17 nitrogen and oxygen atoms in total. The molecule has 77 heavy (non-hydrogen) atoms. The summed E-state index contributed by atoms with van der Waals surface area (Å²) in [5.74, 6) is 5.64. The zero-order valence-electron chi connectivity index (χ0n) is 43.7. The quantitative estimate of drug-likeness (QED) is 0.0753. The smallest absolute Gasteiger partial charge is 0.410 e. The van der Waals surface area contributed by atoms with E-state index in [1.807, 2.05) is 94.1 Å². The van der Waals surface area contributed by atoms with Crippen molar-refractivity contribution in [3.05, 3.63) is 133 Å². The van der Waals surface area contributed by atoms with Crippen LogP contribution in [0.1, 0.15) is 132 Å². The second-order valence-electron chi connectivity index (χ2n) is 21.9. The third-order valence-corrected chi connectivity index (χ3v) is 15.4. The highest BCUT2D eigenvalue weighted by molar-refractivity contribution is 5.83. The normalized spacial score (nSPS) is 18.9. The summed E-state index contributed by atoms with van der Waals surface area (Å²) in [5, 5.41) is 6.97. The van der Waals surface area contributed by atoms with Crippen LogP contribution in [0.4, 0.5) is 4.79 Å². The maximum absolute atomic E-state index is 12.8. The van der Waals surface area contributed by atoms with Crippen LogP contribution in [0.15, 0.2) is 119 Å². The summed E-state index contributed by atoms with van der Waals surface area (Å²) in [6, 6.07) is 29.0. The third-order valence-electron chi connectivity index (χ3n) is 15.4. The van der Waals surface area contributed by atoms with Gasteiger partial charge in [0, 0.05) is 34.7 Å². The van der Waals surface area contributed by atoms with Crippen molar-refractivity contribution in [2.24, 2.45) is 0 Å².